The summed E-state index contributed by atoms with van der Waals surface area (Å²) in [4.78, 5) is 34.5. The molecule has 3 rings (SSSR count). The van der Waals surface area contributed by atoms with E-state index in [0.717, 1.165) is 48.9 Å². The average Bonchev–Trinajstić information content (AvgIpc) is 3.03. The lowest BCUT2D eigenvalue weighted by molar-refractivity contribution is -0.117. The van der Waals surface area contributed by atoms with Crippen LogP contribution in [0.1, 0.15) is 27.7 Å². The maximum Gasteiger partial charge on any atom is 0.341 e. The number of methoxy groups -OCH3 is 1. The molecule has 2 aromatic heterocycles. The smallest absolute Gasteiger partial charge is 0.341 e. The number of amides is 1. The molecule has 2 aromatic rings. The number of esters is 1. The van der Waals surface area contributed by atoms with Gasteiger partial charge in [0.2, 0.25) is 5.91 Å². The van der Waals surface area contributed by atoms with Crippen molar-refractivity contribution in [1.82, 2.24) is 9.88 Å². The molecule has 0 spiro atoms. The van der Waals surface area contributed by atoms with Crippen molar-refractivity contribution in [3.8, 4) is 0 Å². The fourth-order valence-corrected chi connectivity index (χ4v) is 4.60. The summed E-state index contributed by atoms with van der Waals surface area (Å²) in [6, 6.07) is 5.89. The third-order valence-electron chi connectivity index (χ3n) is 4.92. The van der Waals surface area contributed by atoms with Crippen LogP contribution in [0.4, 0.5) is 10.8 Å². The highest BCUT2D eigenvalue weighted by Crippen LogP contribution is 2.34. The predicted octanol–water partition coefficient (Wildman–Crippen LogP) is 2.56. The highest BCUT2D eigenvalue weighted by atomic mass is 32.1. The number of carbonyl (C=O) groups is 2. The number of ether oxygens (including phenoxy) is 1. The van der Waals surface area contributed by atoms with Crippen molar-refractivity contribution in [1.29, 1.82) is 0 Å². The van der Waals surface area contributed by atoms with Crippen molar-refractivity contribution in [3.05, 3.63) is 40.4 Å². The Hall–Kier alpha value is -2.45. The van der Waals surface area contributed by atoms with E-state index in [9.17, 15) is 9.59 Å². The van der Waals surface area contributed by atoms with Crippen LogP contribution in [0.15, 0.2) is 24.4 Å². The van der Waals surface area contributed by atoms with Crippen LogP contribution in [0.3, 0.4) is 0 Å². The highest BCUT2D eigenvalue weighted by Gasteiger charge is 2.24. The molecule has 28 heavy (non-hydrogen) atoms. The lowest BCUT2D eigenvalue weighted by atomic mass is 10.1. The first-order valence-electron chi connectivity index (χ1n) is 9.42. The number of piperazine rings is 1. The van der Waals surface area contributed by atoms with Crippen molar-refractivity contribution >= 4 is 34.0 Å². The molecule has 1 N–H and O–H groups in total. The van der Waals surface area contributed by atoms with E-state index in [4.69, 9.17) is 4.74 Å². The van der Waals surface area contributed by atoms with Gasteiger partial charge in [-0.15, -0.1) is 11.3 Å². The molecule has 3 heterocycles. The van der Waals surface area contributed by atoms with E-state index < -0.39 is 5.97 Å². The van der Waals surface area contributed by atoms with E-state index in [1.807, 2.05) is 32.0 Å². The van der Waals surface area contributed by atoms with Gasteiger partial charge in [0.05, 0.1) is 19.2 Å². The normalized spacial score (nSPS) is 14.8. The van der Waals surface area contributed by atoms with Gasteiger partial charge in [0, 0.05) is 37.3 Å². The molecule has 0 saturated carbocycles. The van der Waals surface area contributed by atoms with Crippen LogP contribution in [0, 0.1) is 6.92 Å². The predicted molar refractivity (Wildman–Crippen MR) is 111 cm³/mol. The van der Waals surface area contributed by atoms with Gasteiger partial charge in [-0.25, -0.2) is 9.78 Å². The summed E-state index contributed by atoms with van der Waals surface area (Å²) in [5.74, 6) is 0.455. The Morgan fingerprint density at radius 2 is 2.00 bits per heavy atom. The van der Waals surface area contributed by atoms with Crippen molar-refractivity contribution < 1.29 is 14.3 Å². The number of anilines is 2. The Bertz CT molecular complexity index is 829. The Morgan fingerprint density at radius 3 is 2.61 bits per heavy atom. The van der Waals surface area contributed by atoms with Crippen LogP contribution < -0.4 is 10.2 Å². The second-order valence-electron chi connectivity index (χ2n) is 6.69. The summed E-state index contributed by atoms with van der Waals surface area (Å²) in [6.45, 7) is 7.49. The number of carbonyl (C=O) groups excluding carboxylic acids is 2. The van der Waals surface area contributed by atoms with E-state index in [1.54, 1.807) is 6.20 Å². The molecular formula is C20H26N4O3S. The molecule has 1 amide bonds. The summed E-state index contributed by atoms with van der Waals surface area (Å²) >= 11 is 1.43. The number of pyridine rings is 1. The van der Waals surface area contributed by atoms with Gasteiger partial charge in [-0.1, -0.05) is 13.0 Å². The van der Waals surface area contributed by atoms with Crippen molar-refractivity contribution in [2.45, 2.75) is 20.3 Å². The molecule has 1 aliphatic rings. The maximum atomic E-state index is 12.6. The van der Waals surface area contributed by atoms with Crippen LogP contribution in [-0.4, -0.2) is 61.6 Å². The summed E-state index contributed by atoms with van der Waals surface area (Å²) in [7, 11) is 1.36. The number of hydrogen-bond donors (Lipinski definition) is 1. The zero-order valence-corrected chi connectivity index (χ0v) is 17.3. The number of thiophene rings is 1. The standard InChI is InChI=1S/C20H26N4O3S/c1-4-15-14(2)28-19(18(15)20(26)27-3)22-17(25)13-23-9-11-24(12-10-23)16-7-5-6-8-21-16/h5-8H,4,9-13H2,1-3H3,(H,22,25). The lowest BCUT2D eigenvalue weighted by Crippen LogP contribution is -2.48. The first-order chi connectivity index (χ1) is 13.5. The molecule has 0 bridgehead atoms. The molecular weight excluding hydrogens is 376 g/mol. The zero-order valence-electron chi connectivity index (χ0n) is 16.5. The van der Waals surface area contributed by atoms with E-state index in [0.29, 0.717) is 17.1 Å². The molecule has 0 radical (unpaired) electrons. The number of aryl methyl sites for hydroxylation is 1. The van der Waals surface area contributed by atoms with Crippen molar-refractivity contribution in [3.63, 3.8) is 0 Å². The molecule has 7 nitrogen and oxygen atoms in total. The quantitative estimate of drug-likeness (QED) is 0.749. The minimum Gasteiger partial charge on any atom is -0.465 e. The van der Waals surface area contributed by atoms with Crippen molar-refractivity contribution in [2.24, 2.45) is 0 Å². The fraction of sp³-hybridized carbons (Fsp3) is 0.450. The van der Waals surface area contributed by atoms with Gasteiger partial charge in [0.25, 0.3) is 0 Å². The Kier molecular flexibility index (Phi) is 6.64. The monoisotopic (exact) mass is 402 g/mol. The molecule has 1 fully saturated rings. The fourth-order valence-electron chi connectivity index (χ4n) is 3.46. The van der Waals surface area contributed by atoms with Crippen LogP contribution >= 0.6 is 11.3 Å². The summed E-state index contributed by atoms with van der Waals surface area (Å²) in [6.07, 6.45) is 2.51. The van der Waals surface area contributed by atoms with Gasteiger partial charge in [-0.3, -0.25) is 9.69 Å². The average molecular weight is 403 g/mol. The summed E-state index contributed by atoms with van der Waals surface area (Å²) < 4.78 is 4.91. The molecule has 0 aromatic carbocycles. The van der Waals surface area contributed by atoms with Crippen LogP contribution in [0.2, 0.25) is 0 Å². The molecule has 1 saturated heterocycles. The van der Waals surface area contributed by atoms with Gasteiger partial charge in [0.1, 0.15) is 10.8 Å². The number of rotatable bonds is 6. The third kappa shape index (κ3) is 4.51. The largest absolute Gasteiger partial charge is 0.465 e. The Morgan fingerprint density at radius 1 is 1.25 bits per heavy atom. The second-order valence-corrected chi connectivity index (χ2v) is 7.91. The molecule has 150 valence electrons. The van der Waals surface area contributed by atoms with E-state index in [1.165, 1.54) is 18.4 Å². The van der Waals surface area contributed by atoms with Gasteiger partial charge in [-0.05, 0) is 31.0 Å². The van der Waals surface area contributed by atoms with Crippen LogP contribution in [0.5, 0.6) is 0 Å². The van der Waals surface area contributed by atoms with Gasteiger partial charge in [0.15, 0.2) is 0 Å². The Balaban J connectivity index is 1.59. The Labute approximate surface area is 169 Å². The first-order valence-corrected chi connectivity index (χ1v) is 10.2. The summed E-state index contributed by atoms with van der Waals surface area (Å²) in [5.41, 5.74) is 1.43. The third-order valence-corrected chi connectivity index (χ3v) is 5.98. The number of nitrogens with one attached hydrogen (secondary N) is 1. The summed E-state index contributed by atoms with van der Waals surface area (Å²) in [5, 5.41) is 3.50. The minimum atomic E-state index is -0.402. The van der Waals surface area contributed by atoms with Crippen molar-refractivity contribution in [2.75, 3.05) is 50.1 Å². The minimum absolute atomic E-state index is 0.111. The van der Waals surface area contributed by atoms with E-state index in [2.05, 4.69) is 20.1 Å². The SMILES string of the molecule is CCc1c(C)sc(NC(=O)CN2CCN(c3ccccn3)CC2)c1C(=O)OC. The zero-order chi connectivity index (χ0) is 20.1. The van der Waals surface area contributed by atoms with E-state index >= 15 is 0 Å². The number of aromatic nitrogens is 1. The lowest BCUT2D eigenvalue weighted by Gasteiger charge is -2.34. The second kappa shape index (κ2) is 9.16. The van der Waals surface area contributed by atoms with Gasteiger partial charge >= 0.3 is 5.97 Å². The highest BCUT2D eigenvalue weighted by molar-refractivity contribution is 7.16. The maximum absolute atomic E-state index is 12.6. The van der Waals surface area contributed by atoms with Crippen LogP contribution in [-0.2, 0) is 16.0 Å². The topological polar surface area (TPSA) is 74.8 Å². The van der Waals surface area contributed by atoms with Gasteiger partial charge < -0.3 is 15.0 Å². The molecule has 0 unspecified atom stereocenters. The van der Waals surface area contributed by atoms with E-state index in [-0.39, 0.29) is 5.91 Å². The van der Waals surface area contributed by atoms with Gasteiger partial charge in [-0.2, -0.15) is 0 Å². The van der Waals surface area contributed by atoms with Crippen LogP contribution in [0.25, 0.3) is 0 Å². The first kappa shape index (κ1) is 20.3. The number of nitrogens with zero attached hydrogens (tertiary/aromatic N) is 3. The molecule has 8 heteroatoms. The molecule has 1 aliphatic heterocycles. The molecule has 0 aliphatic carbocycles. The number of hydrogen-bond acceptors (Lipinski definition) is 7. The molecule has 0 atom stereocenters.